The summed E-state index contributed by atoms with van der Waals surface area (Å²) in [4.78, 5) is 13.5. The first-order valence-corrected chi connectivity index (χ1v) is 9.81. The molecule has 0 bridgehead atoms. The second kappa shape index (κ2) is 8.15. The van der Waals surface area contributed by atoms with Crippen molar-refractivity contribution >= 4 is 15.9 Å². The van der Waals surface area contributed by atoms with Gasteiger partial charge in [-0.2, -0.15) is 4.31 Å². The van der Waals surface area contributed by atoms with E-state index in [0.717, 1.165) is 12.1 Å². The quantitative estimate of drug-likeness (QED) is 0.792. The molecular weight excluding hydrogens is 380 g/mol. The molecule has 2 aromatic rings. The van der Waals surface area contributed by atoms with E-state index in [4.69, 9.17) is 4.42 Å². The maximum absolute atomic E-state index is 13.3. The number of hydrogen-bond acceptors (Lipinski definition) is 5. The highest BCUT2D eigenvalue weighted by molar-refractivity contribution is 7.89. The Bertz CT molecular complexity index is 895. The summed E-state index contributed by atoms with van der Waals surface area (Å²) in [6.45, 7) is 2.36. The monoisotopic (exact) mass is 399 g/mol. The van der Waals surface area contributed by atoms with Gasteiger partial charge in [-0.1, -0.05) is 0 Å². The molecule has 1 aliphatic rings. The molecule has 1 saturated heterocycles. The van der Waals surface area contributed by atoms with Crippen molar-refractivity contribution in [3.05, 3.63) is 54.0 Å². The van der Waals surface area contributed by atoms with E-state index in [1.165, 1.54) is 10.6 Å². The summed E-state index contributed by atoms with van der Waals surface area (Å²) in [5, 5.41) is 2.73. The van der Waals surface area contributed by atoms with Gasteiger partial charge in [0.2, 0.25) is 10.0 Å². The van der Waals surface area contributed by atoms with Crippen LogP contribution in [-0.2, 0) is 10.0 Å². The number of piperazine rings is 1. The van der Waals surface area contributed by atoms with E-state index in [1.807, 2.05) is 4.90 Å². The molecule has 1 aromatic heterocycles. The first-order chi connectivity index (χ1) is 12.9. The van der Waals surface area contributed by atoms with Crippen molar-refractivity contribution in [1.29, 1.82) is 0 Å². The molecule has 3 rings (SSSR count). The van der Waals surface area contributed by atoms with Crippen LogP contribution in [0.3, 0.4) is 0 Å². The predicted molar refractivity (Wildman–Crippen MR) is 92.6 cm³/mol. The summed E-state index contributed by atoms with van der Waals surface area (Å²) in [6.07, 6.45) is 1.42. The molecule has 27 heavy (non-hydrogen) atoms. The standard InChI is InChI=1S/C17H19F2N3O4S/c18-14-4-3-13(12-15(14)19)27(24,25)22-9-7-21(8-10-22)6-5-20-17(23)16-2-1-11-26-16/h1-4,11-12H,5-10H2,(H,20,23). The second-order valence-electron chi connectivity index (χ2n) is 6.05. The number of halogens is 2. The van der Waals surface area contributed by atoms with Crippen molar-refractivity contribution in [2.24, 2.45) is 0 Å². The first-order valence-electron chi connectivity index (χ1n) is 8.37. The third kappa shape index (κ3) is 4.52. The number of sulfonamides is 1. The van der Waals surface area contributed by atoms with Crippen molar-refractivity contribution in [2.75, 3.05) is 39.3 Å². The Morgan fingerprint density at radius 3 is 2.48 bits per heavy atom. The molecule has 1 N–H and O–H groups in total. The first kappa shape index (κ1) is 19.5. The number of benzene rings is 1. The van der Waals surface area contributed by atoms with Gasteiger partial charge >= 0.3 is 0 Å². The van der Waals surface area contributed by atoms with Crippen molar-refractivity contribution in [2.45, 2.75) is 4.90 Å². The second-order valence-corrected chi connectivity index (χ2v) is 7.99. The van der Waals surface area contributed by atoms with E-state index in [2.05, 4.69) is 5.32 Å². The van der Waals surface area contributed by atoms with E-state index >= 15 is 0 Å². The fraction of sp³-hybridized carbons (Fsp3) is 0.353. The fourth-order valence-corrected chi connectivity index (χ4v) is 4.24. The molecule has 2 heterocycles. The SMILES string of the molecule is O=C(NCCN1CCN(S(=O)(=O)c2ccc(F)c(F)c2)CC1)c1ccco1. The summed E-state index contributed by atoms with van der Waals surface area (Å²) in [5.74, 6) is -2.35. The fourth-order valence-electron chi connectivity index (χ4n) is 2.80. The van der Waals surface area contributed by atoms with E-state index in [1.54, 1.807) is 12.1 Å². The zero-order valence-corrected chi connectivity index (χ0v) is 15.2. The lowest BCUT2D eigenvalue weighted by atomic mass is 10.3. The highest BCUT2D eigenvalue weighted by Crippen LogP contribution is 2.19. The Morgan fingerprint density at radius 2 is 1.85 bits per heavy atom. The van der Waals surface area contributed by atoms with Gasteiger partial charge in [-0.05, 0) is 30.3 Å². The highest BCUT2D eigenvalue weighted by atomic mass is 32.2. The van der Waals surface area contributed by atoms with Gasteiger partial charge in [0.15, 0.2) is 17.4 Å². The Labute approximate surface area is 155 Å². The Hall–Kier alpha value is -2.30. The number of hydrogen-bond donors (Lipinski definition) is 1. The zero-order chi connectivity index (χ0) is 19.4. The molecule has 7 nitrogen and oxygen atoms in total. The molecule has 1 amide bonds. The normalized spacial score (nSPS) is 16.4. The largest absolute Gasteiger partial charge is 0.459 e. The van der Waals surface area contributed by atoms with E-state index in [9.17, 15) is 22.0 Å². The van der Waals surface area contributed by atoms with Gasteiger partial charge in [0.1, 0.15) is 0 Å². The minimum atomic E-state index is -3.87. The summed E-state index contributed by atoms with van der Waals surface area (Å²) >= 11 is 0. The van der Waals surface area contributed by atoms with E-state index < -0.39 is 21.7 Å². The van der Waals surface area contributed by atoms with Crippen LogP contribution in [0, 0.1) is 11.6 Å². The van der Waals surface area contributed by atoms with Gasteiger partial charge in [0, 0.05) is 39.3 Å². The number of nitrogens with one attached hydrogen (secondary N) is 1. The van der Waals surface area contributed by atoms with Crippen LogP contribution in [-0.4, -0.2) is 62.8 Å². The number of furan rings is 1. The summed E-state index contributed by atoms with van der Waals surface area (Å²) < 4.78 is 57.7. The Balaban J connectivity index is 1.49. The third-order valence-electron chi connectivity index (χ3n) is 4.32. The molecule has 1 aromatic carbocycles. The minimum absolute atomic E-state index is 0.230. The van der Waals surface area contributed by atoms with E-state index in [0.29, 0.717) is 32.2 Å². The number of carbonyl (C=O) groups is 1. The molecule has 1 fully saturated rings. The molecule has 0 unspecified atom stereocenters. The van der Waals surface area contributed by atoms with Crippen LogP contribution in [0.4, 0.5) is 8.78 Å². The van der Waals surface area contributed by atoms with Crippen molar-refractivity contribution < 1.29 is 26.4 Å². The maximum atomic E-state index is 13.3. The van der Waals surface area contributed by atoms with Crippen LogP contribution in [0.2, 0.25) is 0 Å². The zero-order valence-electron chi connectivity index (χ0n) is 14.4. The summed E-state index contributed by atoms with van der Waals surface area (Å²) in [7, 11) is -3.87. The minimum Gasteiger partial charge on any atom is -0.459 e. The number of amides is 1. The van der Waals surface area contributed by atoms with Gasteiger partial charge in [-0.15, -0.1) is 0 Å². The van der Waals surface area contributed by atoms with Gasteiger partial charge in [-0.3, -0.25) is 9.69 Å². The molecule has 0 saturated carbocycles. The summed E-state index contributed by atoms with van der Waals surface area (Å²) in [5.41, 5.74) is 0. The molecule has 10 heteroatoms. The molecule has 0 spiro atoms. The van der Waals surface area contributed by atoms with Gasteiger partial charge in [0.05, 0.1) is 11.2 Å². The molecule has 0 atom stereocenters. The average Bonchev–Trinajstić information content (AvgIpc) is 3.19. The van der Waals surface area contributed by atoms with Crippen molar-refractivity contribution in [3.63, 3.8) is 0 Å². The molecule has 1 aliphatic heterocycles. The van der Waals surface area contributed by atoms with Gasteiger partial charge in [0.25, 0.3) is 5.91 Å². The van der Waals surface area contributed by atoms with Crippen LogP contribution in [0.1, 0.15) is 10.6 Å². The number of nitrogens with zero attached hydrogens (tertiary/aromatic N) is 2. The third-order valence-corrected chi connectivity index (χ3v) is 6.21. The summed E-state index contributed by atoms with van der Waals surface area (Å²) in [6, 6.07) is 5.75. The lowest BCUT2D eigenvalue weighted by Gasteiger charge is -2.33. The number of carbonyl (C=O) groups excluding carboxylic acids is 1. The van der Waals surface area contributed by atoms with Crippen molar-refractivity contribution in [3.8, 4) is 0 Å². The maximum Gasteiger partial charge on any atom is 0.287 e. The molecule has 146 valence electrons. The van der Waals surface area contributed by atoms with Gasteiger partial charge in [-0.25, -0.2) is 17.2 Å². The Morgan fingerprint density at radius 1 is 1.11 bits per heavy atom. The van der Waals surface area contributed by atoms with Crippen LogP contribution >= 0.6 is 0 Å². The van der Waals surface area contributed by atoms with Gasteiger partial charge < -0.3 is 9.73 Å². The number of rotatable bonds is 6. The predicted octanol–water partition coefficient (Wildman–Crippen LogP) is 1.29. The highest BCUT2D eigenvalue weighted by Gasteiger charge is 2.29. The van der Waals surface area contributed by atoms with E-state index in [-0.39, 0.29) is 29.7 Å². The van der Waals surface area contributed by atoms with Crippen molar-refractivity contribution in [1.82, 2.24) is 14.5 Å². The van der Waals surface area contributed by atoms with Crippen LogP contribution < -0.4 is 5.32 Å². The lowest BCUT2D eigenvalue weighted by molar-refractivity contribution is 0.0917. The smallest absolute Gasteiger partial charge is 0.287 e. The van der Waals surface area contributed by atoms with Crippen LogP contribution in [0.25, 0.3) is 0 Å². The molecule has 0 aliphatic carbocycles. The Kier molecular flexibility index (Phi) is 5.88. The molecular formula is C17H19F2N3O4S. The topological polar surface area (TPSA) is 82.9 Å². The lowest BCUT2D eigenvalue weighted by Crippen LogP contribution is -2.50. The molecule has 0 radical (unpaired) electrons. The van der Waals surface area contributed by atoms with Crippen LogP contribution in [0.5, 0.6) is 0 Å². The average molecular weight is 399 g/mol. The van der Waals surface area contributed by atoms with Crippen LogP contribution in [0.15, 0.2) is 45.9 Å².